The first-order chi connectivity index (χ1) is 13.5. The zero-order valence-electron chi connectivity index (χ0n) is 15.3. The van der Waals surface area contributed by atoms with E-state index in [0.717, 1.165) is 24.3 Å². The maximum atomic E-state index is 12.6. The Balaban J connectivity index is 1.56. The smallest absolute Gasteiger partial charge is 0.276 e. The van der Waals surface area contributed by atoms with E-state index in [2.05, 4.69) is 27.9 Å². The second-order valence-electron chi connectivity index (χ2n) is 6.78. The number of nitrogens with one attached hydrogen (secondary N) is 2. The minimum absolute atomic E-state index is 0.136. The van der Waals surface area contributed by atoms with Gasteiger partial charge in [0.05, 0.1) is 5.69 Å². The molecule has 1 aliphatic rings. The summed E-state index contributed by atoms with van der Waals surface area (Å²) in [4.78, 5) is 24.9. The van der Waals surface area contributed by atoms with Gasteiger partial charge in [-0.25, -0.2) is 4.68 Å². The number of carbonyl (C=O) groups is 1. The van der Waals surface area contributed by atoms with E-state index >= 15 is 0 Å². The molecule has 2 N–H and O–H groups in total. The first-order valence-electron chi connectivity index (χ1n) is 8.98. The molecule has 2 heterocycles. The Morgan fingerprint density at radius 1 is 1.14 bits per heavy atom. The first kappa shape index (κ1) is 18.4. The fraction of sp³-hybridized carbons (Fsp3) is 0.190. The van der Waals surface area contributed by atoms with Gasteiger partial charge in [-0.3, -0.25) is 9.59 Å². The van der Waals surface area contributed by atoms with Crippen LogP contribution >= 0.6 is 11.6 Å². The number of carbonyl (C=O) groups excluding carboxylic acids is 1. The van der Waals surface area contributed by atoms with Gasteiger partial charge < -0.3 is 10.6 Å². The van der Waals surface area contributed by atoms with Gasteiger partial charge in [0.25, 0.3) is 5.91 Å². The Hall–Kier alpha value is -2.96. The predicted molar refractivity (Wildman–Crippen MR) is 108 cm³/mol. The van der Waals surface area contributed by atoms with Gasteiger partial charge in [0.1, 0.15) is 0 Å². The fourth-order valence-corrected chi connectivity index (χ4v) is 3.40. The van der Waals surface area contributed by atoms with E-state index in [1.807, 2.05) is 6.07 Å². The molecule has 0 bridgehead atoms. The van der Waals surface area contributed by atoms with Gasteiger partial charge in [0.15, 0.2) is 5.69 Å². The van der Waals surface area contributed by atoms with Crippen LogP contribution in [-0.2, 0) is 19.6 Å². The summed E-state index contributed by atoms with van der Waals surface area (Å²) in [5.74, 6) is -0.494. The summed E-state index contributed by atoms with van der Waals surface area (Å²) < 4.78 is 1.56. The zero-order chi connectivity index (χ0) is 19.7. The molecule has 0 saturated carbocycles. The molecule has 2 aromatic carbocycles. The highest BCUT2D eigenvalue weighted by molar-refractivity contribution is 6.30. The SMILES string of the molecule is Cc1cc(=O)c(C(=O)NCc2ccc3c(c2)CNC3)nn1-c1ccc(Cl)cc1. The van der Waals surface area contributed by atoms with Crippen LogP contribution in [0.4, 0.5) is 0 Å². The Morgan fingerprint density at radius 3 is 2.68 bits per heavy atom. The van der Waals surface area contributed by atoms with Crippen LogP contribution in [0.25, 0.3) is 5.69 Å². The van der Waals surface area contributed by atoms with E-state index in [1.165, 1.54) is 17.2 Å². The van der Waals surface area contributed by atoms with Crippen molar-refractivity contribution in [1.29, 1.82) is 0 Å². The van der Waals surface area contributed by atoms with Crippen molar-refractivity contribution < 1.29 is 4.79 Å². The molecule has 0 radical (unpaired) electrons. The summed E-state index contributed by atoms with van der Waals surface area (Å²) in [7, 11) is 0. The van der Waals surface area contributed by atoms with E-state index in [-0.39, 0.29) is 5.69 Å². The third-order valence-corrected chi connectivity index (χ3v) is 5.00. The van der Waals surface area contributed by atoms with Gasteiger partial charge in [-0.05, 0) is 47.9 Å². The molecule has 0 atom stereocenters. The lowest BCUT2D eigenvalue weighted by molar-refractivity contribution is 0.0943. The number of amides is 1. The maximum Gasteiger partial charge on any atom is 0.276 e. The molecular formula is C21H19ClN4O2. The number of aryl methyl sites for hydroxylation is 1. The molecule has 1 aromatic heterocycles. The molecule has 0 fully saturated rings. The van der Waals surface area contributed by atoms with Crippen molar-refractivity contribution in [3.8, 4) is 5.69 Å². The minimum atomic E-state index is -0.494. The molecule has 0 spiro atoms. The molecule has 6 nitrogen and oxygen atoms in total. The highest BCUT2D eigenvalue weighted by Gasteiger charge is 2.16. The Kier molecular flexibility index (Phi) is 4.98. The van der Waals surface area contributed by atoms with Crippen LogP contribution in [0.15, 0.2) is 53.3 Å². The second-order valence-corrected chi connectivity index (χ2v) is 7.21. The number of hydrogen-bond donors (Lipinski definition) is 2. The quantitative estimate of drug-likeness (QED) is 0.713. The normalized spacial score (nSPS) is 12.6. The van der Waals surface area contributed by atoms with Crippen molar-refractivity contribution >= 4 is 17.5 Å². The van der Waals surface area contributed by atoms with Crippen LogP contribution in [0.2, 0.25) is 5.02 Å². The molecule has 3 aromatic rings. The van der Waals surface area contributed by atoms with Gasteiger partial charge in [-0.2, -0.15) is 5.10 Å². The van der Waals surface area contributed by atoms with Crippen molar-refractivity contribution in [3.05, 3.63) is 91.9 Å². The van der Waals surface area contributed by atoms with E-state index in [0.29, 0.717) is 17.3 Å². The van der Waals surface area contributed by atoms with E-state index in [4.69, 9.17) is 11.6 Å². The number of aromatic nitrogens is 2. The summed E-state index contributed by atoms with van der Waals surface area (Å²) in [5.41, 5.74) is 4.33. The molecule has 142 valence electrons. The molecule has 1 amide bonds. The monoisotopic (exact) mass is 394 g/mol. The predicted octanol–water partition coefficient (Wildman–Crippen LogP) is 2.73. The summed E-state index contributed by atoms with van der Waals surface area (Å²) in [6.07, 6.45) is 0. The number of hydrogen-bond acceptors (Lipinski definition) is 4. The Morgan fingerprint density at radius 2 is 1.89 bits per heavy atom. The van der Waals surface area contributed by atoms with Crippen molar-refractivity contribution in [2.45, 2.75) is 26.6 Å². The van der Waals surface area contributed by atoms with Crippen LogP contribution in [0, 0.1) is 6.92 Å². The van der Waals surface area contributed by atoms with Crippen LogP contribution in [0.3, 0.4) is 0 Å². The first-order valence-corrected chi connectivity index (χ1v) is 9.35. The summed E-state index contributed by atoms with van der Waals surface area (Å²) in [6, 6.07) is 14.6. The number of benzene rings is 2. The van der Waals surface area contributed by atoms with Gasteiger partial charge in [0.2, 0.25) is 5.43 Å². The molecule has 0 aliphatic carbocycles. The Labute approximate surface area is 167 Å². The van der Waals surface area contributed by atoms with Crippen molar-refractivity contribution in [3.63, 3.8) is 0 Å². The lowest BCUT2D eigenvalue weighted by atomic mass is 10.1. The third kappa shape index (κ3) is 3.69. The zero-order valence-corrected chi connectivity index (χ0v) is 16.1. The summed E-state index contributed by atoms with van der Waals surface area (Å²) in [6.45, 7) is 3.81. The van der Waals surface area contributed by atoms with Crippen LogP contribution < -0.4 is 16.1 Å². The molecule has 28 heavy (non-hydrogen) atoms. The van der Waals surface area contributed by atoms with Crippen molar-refractivity contribution in [2.24, 2.45) is 0 Å². The number of nitrogens with zero attached hydrogens (tertiary/aromatic N) is 2. The van der Waals surface area contributed by atoms with Gasteiger partial charge in [-0.1, -0.05) is 29.8 Å². The van der Waals surface area contributed by atoms with Gasteiger partial charge in [-0.15, -0.1) is 0 Å². The van der Waals surface area contributed by atoms with Crippen LogP contribution in [-0.4, -0.2) is 15.7 Å². The topological polar surface area (TPSA) is 76.0 Å². The molecular weight excluding hydrogens is 376 g/mol. The summed E-state index contributed by atoms with van der Waals surface area (Å²) >= 11 is 5.93. The molecule has 1 aliphatic heterocycles. The van der Waals surface area contributed by atoms with Crippen molar-refractivity contribution in [2.75, 3.05) is 0 Å². The largest absolute Gasteiger partial charge is 0.346 e. The molecule has 4 rings (SSSR count). The summed E-state index contributed by atoms with van der Waals surface area (Å²) in [5, 5.41) is 11.0. The van der Waals surface area contributed by atoms with Crippen LogP contribution in [0.1, 0.15) is 32.9 Å². The molecule has 0 unspecified atom stereocenters. The lowest BCUT2D eigenvalue weighted by Gasteiger charge is -2.12. The minimum Gasteiger partial charge on any atom is -0.346 e. The Bertz CT molecular complexity index is 1110. The lowest BCUT2D eigenvalue weighted by Crippen LogP contribution is -2.31. The maximum absolute atomic E-state index is 12.6. The number of halogens is 1. The molecule has 7 heteroatoms. The second kappa shape index (κ2) is 7.58. The van der Waals surface area contributed by atoms with Gasteiger partial charge in [0, 0.05) is 36.4 Å². The fourth-order valence-electron chi connectivity index (χ4n) is 3.27. The number of fused-ring (bicyclic) bond motifs is 1. The molecule has 0 saturated heterocycles. The van der Waals surface area contributed by atoms with E-state index in [9.17, 15) is 9.59 Å². The van der Waals surface area contributed by atoms with E-state index < -0.39 is 11.3 Å². The van der Waals surface area contributed by atoms with Crippen LogP contribution in [0.5, 0.6) is 0 Å². The average Bonchev–Trinajstić information content (AvgIpc) is 3.15. The third-order valence-electron chi connectivity index (χ3n) is 4.75. The average molecular weight is 395 g/mol. The van der Waals surface area contributed by atoms with E-state index in [1.54, 1.807) is 35.9 Å². The standard InChI is InChI=1S/C21H19ClN4O2/c1-13-8-19(27)20(25-26(13)18-6-4-17(22)5-7-18)21(28)24-10-14-2-3-15-11-23-12-16(15)9-14/h2-9,23H,10-12H2,1H3,(H,24,28). The van der Waals surface area contributed by atoms with Gasteiger partial charge >= 0.3 is 0 Å². The number of rotatable bonds is 4. The van der Waals surface area contributed by atoms with Crippen molar-refractivity contribution in [1.82, 2.24) is 20.4 Å². The highest BCUT2D eigenvalue weighted by atomic mass is 35.5. The highest BCUT2D eigenvalue weighted by Crippen LogP contribution is 2.17.